The first-order valence-electron chi connectivity index (χ1n) is 7.74. The Hall–Kier alpha value is -2.29. The Kier molecular flexibility index (Phi) is 6.49. The summed E-state index contributed by atoms with van der Waals surface area (Å²) in [5.41, 5.74) is 1.45. The highest BCUT2D eigenvalue weighted by atomic mass is 16.5. The average Bonchev–Trinajstić information content (AvgIpc) is 2.58. The Morgan fingerprint density at radius 1 is 0.955 bits per heavy atom. The van der Waals surface area contributed by atoms with E-state index in [4.69, 9.17) is 9.47 Å². The summed E-state index contributed by atoms with van der Waals surface area (Å²) >= 11 is 0. The van der Waals surface area contributed by atoms with Crippen molar-refractivity contribution < 1.29 is 14.3 Å². The van der Waals surface area contributed by atoms with Crippen LogP contribution in [0.1, 0.15) is 42.1 Å². The van der Waals surface area contributed by atoms with Crippen molar-refractivity contribution in [2.75, 3.05) is 6.61 Å². The maximum absolute atomic E-state index is 12.2. The Labute approximate surface area is 131 Å². The highest BCUT2D eigenvalue weighted by Gasteiger charge is 2.13. The van der Waals surface area contributed by atoms with E-state index in [1.807, 2.05) is 48.5 Å². The monoisotopic (exact) mass is 298 g/mol. The zero-order chi connectivity index (χ0) is 15.6. The highest BCUT2D eigenvalue weighted by Crippen LogP contribution is 2.20. The van der Waals surface area contributed by atoms with Crippen LogP contribution in [0.25, 0.3) is 0 Å². The fraction of sp³-hybridized carbons (Fsp3) is 0.316. The van der Waals surface area contributed by atoms with Crippen molar-refractivity contribution in [1.29, 1.82) is 0 Å². The first kappa shape index (κ1) is 16.1. The molecule has 0 spiro atoms. The predicted octanol–water partition coefficient (Wildman–Crippen LogP) is 4.61. The van der Waals surface area contributed by atoms with E-state index in [1.165, 1.54) is 0 Å². The minimum Gasteiger partial charge on any atom is -0.493 e. The van der Waals surface area contributed by atoms with Gasteiger partial charge >= 0.3 is 5.97 Å². The molecule has 0 radical (unpaired) electrons. The Bertz CT molecular complexity index is 578. The first-order valence-corrected chi connectivity index (χ1v) is 7.74. The molecule has 2 aromatic rings. The number of unbranched alkanes of at least 4 members (excludes halogenated alkanes) is 2. The zero-order valence-corrected chi connectivity index (χ0v) is 13.0. The van der Waals surface area contributed by atoms with Crippen LogP contribution >= 0.6 is 0 Å². The van der Waals surface area contributed by atoms with E-state index in [2.05, 4.69) is 6.92 Å². The molecular formula is C19H22O3. The van der Waals surface area contributed by atoms with Gasteiger partial charge in [0.1, 0.15) is 17.9 Å². The molecule has 0 heterocycles. The standard InChI is InChI=1S/C19H22O3/c1-2-3-9-14-21-18-13-8-7-12-17(18)19(20)22-15-16-10-5-4-6-11-16/h4-8,10-13H,2-3,9,14-15H2,1H3. The van der Waals surface area contributed by atoms with Crippen LogP contribution < -0.4 is 4.74 Å². The lowest BCUT2D eigenvalue weighted by atomic mass is 10.2. The smallest absolute Gasteiger partial charge is 0.342 e. The molecular weight excluding hydrogens is 276 g/mol. The summed E-state index contributed by atoms with van der Waals surface area (Å²) in [6.45, 7) is 3.04. The fourth-order valence-corrected chi connectivity index (χ4v) is 2.10. The number of esters is 1. The van der Waals surface area contributed by atoms with Gasteiger partial charge in [0.25, 0.3) is 0 Å². The second kappa shape index (κ2) is 8.88. The maximum atomic E-state index is 12.2. The number of ether oxygens (including phenoxy) is 2. The molecule has 0 aliphatic rings. The van der Waals surface area contributed by atoms with Crippen LogP contribution in [-0.2, 0) is 11.3 Å². The van der Waals surface area contributed by atoms with Gasteiger partial charge in [0.15, 0.2) is 0 Å². The van der Waals surface area contributed by atoms with E-state index < -0.39 is 0 Å². The maximum Gasteiger partial charge on any atom is 0.342 e. The summed E-state index contributed by atoms with van der Waals surface area (Å²) in [5, 5.41) is 0. The number of benzene rings is 2. The number of para-hydroxylation sites is 1. The van der Waals surface area contributed by atoms with Crippen molar-refractivity contribution in [2.45, 2.75) is 32.8 Å². The van der Waals surface area contributed by atoms with Gasteiger partial charge in [-0.25, -0.2) is 4.79 Å². The van der Waals surface area contributed by atoms with Gasteiger partial charge in [0.2, 0.25) is 0 Å². The van der Waals surface area contributed by atoms with E-state index in [0.717, 1.165) is 24.8 Å². The van der Waals surface area contributed by atoms with Gasteiger partial charge < -0.3 is 9.47 Å². The van der Waals surface area contributed by atoms with Crippen LogP contribution in [0.2, 0.25) is 0 Å². The Balaban J connectivity index is 1.94. The number of carbonyl (C=O) groups is 1. The number of carbonyl (C=O) groups excluding carboxylic acids is 1. The van der Waals surface area contributed by atoms with Crippen LogP contribution in [-0.4, -0.2) is 12.6 Å². The molecule has 22 heavy (non-hydrogen) atoms. The summed E-state index contributed by atoms with van der Waals surface area (Å²) in [6.07, 6.45) is 3.26. The lowest BCUT2D eigenvalue weighted by Gasteiger charge is -2.11. The van der Waals surface area contributed by atoms with E-state index in [1.54, 1.807) is 6.07 Å². The van der Waals surface area contributed by atoms with E-state index >= 15 is 0 Å². The van der Waals surface area contributed by atoms with Crippen molar-refractivity contribution in [2.24, 2.45) is 0 Å². The zero-order valence-electron chi connectivity index (χ0n) is 13.0. The predicted molar refractivity (Wildman–Crippen MR) is 87.0 cm³/mol. The number of hydrogen-bond donors (Lipinski definition) is 0. The molecule has 3 nitrogen and oxygen atoms in total. The van der Waals surface area contributed by atoms with Gasteiger partial charge in [-0.15, -0.1) is 0 Å². The molecule has 0 unspecified atom stereocenters. The third kappa shape index (κ3) is 4.92. The van der Waals surface area contributed by atoms with Crippen molar-refractivity contribution in [3.63, 3.8) is 0 Å². The van der Waals surface area contributed by atoms with E-state index in [9.17, 15) is 4.79 Å². The van der Waals surface area contributed by atoms with Crippen molar-refractivity contribution in [1.82, 2.24) is 0 Å². The minimum absolute atomic E-state index is 0.268. The molecule has 0 amide bonds. The number of hydrogen-bond acceptors (Lipinski definition) is 3. The van der Waals surface area contributed by atoms with Gasteiger partial charge in [-0.1, -0.05) is 62.2 Å². The van der Waals surface area contributed by atoms with Gasteiger partial charge in [0.05, 0.1) is 6.61 Å². The largest absolute Gasteiger partial charge is 0.493 e. The molecule has 0 N–H and O–H groups in total. The summed E-state index contributed by atoms with van der Waals surface area (Å²) < 4.78 is 11.1. The van der Waals surface area contributed by atoms with Crippen LogP contribution in [0, 0.1) is 0 Å². The molecule has 3 heteroatoms. The average molecular weight is 298 g/mol. The second-order valence-electron chi connectivity index (χ2n) is 5.11. The fourth-order valence-electron chi connectivity index (χ4n) is 2.10. The van der Waals surface area contributed by atoms with Gasteiger partial charge in [-0.2, -0.15) is 0 Å². The van der Waals surface area contributed by atoms with E-state index in [0.29, 0.717) is 17.9 Å². The molecule has 0 aliphatic heterocycles. The summed E-state index contributed by atoms with van der Waals surface area (Å²) in [7, 11) is 0. The normalized spacial score (nSPS) is 10.2. The third-order valence-corrected chi connectivity index (χ3v) is 3.33. The van der Waals surface area contributed by atoms with Crippen LogP contribution in [0.4, 0.5) is 0 Å². The number of rotatable bonds is 8. The SMILES string of the molecule is CCCCCOc1ccccc1C(=O)OCc1ccccc1. The van der Waals surface area contributed by atoms with E-state index in [-0.39, 0.29) is 12.6 Å². The molecule has 0 fully saturated rings. The lowest BCUT2D eigenvalue weighted by Crippen LogP contribution is -2.08. The topological polar surface area (TPSA) is 35.5 Å². The first-order chi connectivity index (χ1) is 10.8. The van der Waals surface area contributed by atoms with Crippen molar-refractivity contribution >= 4 is 5.97 Å². The van der Waals surface area contributed by atoms with Crippen LogP contribution in [0.15, 0.2) is 54.6 Å². The van der Waals surface area contributed by atoms with Crippen LogP contribution in [0.3, 0.4) is 0 Å². The Morgan fingerprint density at radius 3 is 2.45 bits per heavy atom. The third-order valence-electron chi connectivity index (χ3n) is 3.33. The lowest BCUT2D eigenvalue weighted by molar-refractivity contribution is 0.0468. The molecule has 116 valence electrons. The summed E-state index contributed by atoms with van der Waals surface area (Å²) in [6, 6.07) is 16.9. The van der Waals surface area contributed by atoms with Gasteiger partial charge in [-0.3, -0.25) is 0 Å². The highest BCUT2D eigenvalue weighted by molar-refractivity contribution is 5.92. The van der Waals surface area contributed by atoms with Crippen molar-refractivity contribution in [3.8, 4) is 5.75 Å². The van der Waals surface area contributed by atoms with Crippen molar-refractivity contribution in [3.05, 3.63) is 65.7 Å². The molecule has 0 atom stereocenters. The van der Waals surface area contributed by atoms with Crippen LogP contribution in [0.5, 0.6) is 5.75 Å². The summed E-state index contributed by atoms with van der Waals surface area (Å²) in [4.78, 5) is 12.2. The molecule has 2 rings (SSSR count). The summed E-state index contributed by atoms with van der Waals surface area (Å²) in [5.74, 6) is 0.242. The second-order valence-corrected chi connectivity index (χ2v) is 5.11. The Morgan fingerprint density at radius 2 is 1.68 bits per heavy atom. The molecule has 2 aromatic carbocycles. The molecule has 0 saturated carbocycles. The molecule has 0 bridgehead atoms. The van der Waals surface area contributed by atoms with Gasteiger partial charge in [-0.05, 0) is 24.1 Å². The molecule has 0 aliphatic carbocycles. The quantitative estimate of drug-likeness (QED) is 0.527. The molecule has 0 aromatic heterocycles. The minimum atomic E-state index is -0.352. The molecule has 0 saturated heterocycles. The van der Waals surface area contributed by atoms with Gasteiger partial charge in [0, 0.05) is 0 Å².